The molecule has 1 aromatic carbocycles. The third-order valence-electron chi connectivity index (χ3n) is 4.08. The van der Waals surface area contributed by atoms with Gasteiger partial charge in [0.2, 0.25) is 0 Å². The zero-order chi connectivity index (χ0) is 15.2. The second-order valence-electron chi connectivity index (χ2n) is 5.46. The number of nitrogens with zero attached hydrogens (tertiary/aromatic N) is 2. The van der Waals surface area contributed by atoms with Crippen LogP contribution >= 0.6 is 0 Å². The third-order valence-corrected chi connectivity index (χ3v) is 4.08. The Hall–Kier alpha value is -1.75. The molecule has 1 amide bonds. The molecular weight excluding hydrogens is 268 g/mol. The van der Waals surface area contributed by atoms with Gasteiger partial charge < -0.3 is 14.7 Å². The van der Waals surface area contributed by atoms with E-state index in [-0.39, 0.29) is 18.3 Å². The summed E-state index contributed by atoms with van der Waals surface area (Å²) in [4.78, 5) is 16.4. The second kappa shape index (κ2) is 7.31. The van der Waals surface area contributed by atoms with Gasteiger partial charge in [-0.05, 0) is 37.6 Å². The molecule has 1 unspecified atom stereocenters. The summed E-state index contributed by atoms with van der Waals surface area (Å²) in [5.74, 6) is 0.807. The lowest BCUT2D eigenvalue weighted by atomic mass is 10.2. The summed E-state index contributed by atoms with van der Waals surface area (Å²) in [5, 5.41) is 9.19. The maximum Gasteiger partial charge on any atom is 0.260 e. The van der Waals surface area contributed by atoms with E-state index in [0.29, 0.717) is 11.8 Å². The van der Waals surface area contributed by atoms with E-state index in [9.17, 15) is 9.90 Å². The van der Waals surface area contributed by atoms with E-state index in [2.05, 4.69) is 18.7 Å². The topological polar surface area (TPSA) is 53.0 Å². The highest BCUT2D eigenvalue weighted by Gasteiger charge is 2.23. The highest BCUT2D eigenvalue weighted by Crippen LogP contribution is 2.16. The lowest BCUT2D eigenvalue weighted by molar-refractivity contribution is -0.135. The Morgan fingerprint density at radius 1 is 1.24 bits per heavy atom. The van der Waals surface area contributed by atoms with Gasteiger partial charge in [0.05, 0.1) is 0 Å². The zero-order valence-electron chi connectivity index (χ0n) is 12.8. The van der Waals surface area contributed by atoms with Crippen LogP contribution in [-0.4, -0.2) is 59.6 Å². The molecule has 1 heterocycles. The standard InChI is InChI=1S/C16H24N2O3/c1-3-13(2)17-8-10-18(11-9-17)16(20)12-21-15-6-4-14(19)5-7-15/h4-7,13,19H,3,8-12H2,1-2H3. The van der Waals surface area contributed by atoms with E-state index >= 15 is 0 Å². The molecule has 5 nitrogen and oxygen atoms in total. The number of phenols is 1. The Kier molecular flexibility index (Phi) is 5.44. The molecule has 0 radical (unpaired) electrons. The van der Waals surface area contributed by atoms with Gasteiger partial charge in [-0.1, -0.05) is 6.92 Å². The molecule has 1 fully saturated rings. The molecule has 1 saturated heterocycles. The molecular formula is C16H24N2O3. The van der Waals surface area contributed by atoms with Crippen LogP contribution in [0.1, 0.15) is 20.3 Å². The van der Waals surface area contributed by atoms with Crippen LogP contribution in [0, 0.1) is 0 Å². The first-order chi connectivity index (χ1) is 10.1. The van der Waals surface area contributed by atoms with Crippen molar-refractivity contribution in [1.82, 2.24) is 9.80 Å². The molecule has 1 aliphatic heterocycles. The van der Waals surface area contributed by atoms with Crippen molar-refractivity contribution in [2.45, 2.75) is 26.3 Å². The van der Waals surface area contributed by atoms with Crippen LogP contribution in [0.4, 0.5) is 0 Å². The first-order valence-electron chi connectivity index (χ1n) is 7.53. The fourth-order valence-corrected chi connectivity index (χ4v) is 2.45. The molecule has 1 N–H and O–H groups in total. The second-order valence-corrected chi connectivity index (χ2v) is 5.46. The molecule has 116 valence electrons. The van der Waals surface area contributed by atoms with Crippen molar-refractivity contribution >= 4 is 5.91 Å². The molecule has 1 aliphatic rings. The van der Waals surface area contributed by atoms with Gasteiger partial charge >= 0.3 is 0 Å². The minimum Gasteiger partial charge on any atom is -0.508 e. The van der Waals surface area contributed by atoms with Crippen LogP contribution in [0.25, 0.3) is 0 Å². The SMILES string of the molecule is CCC(C)N1CCN(C(=O)COc2ccc(O)cc2)CC1. The molecule has 0 aliphatic carbocycles. The van der Waals surface area contributed by atoms with Crippen molar-refractivity contribution in [2.75, 3.05) is 32.8 Å². The van der Waals surface area contributed by atoms with Crippen LogP contribution in [-0.2, 0) is 4.79 Å². The molecule has 1 aromatic rings. The summed E-state index contributed by atoms with van der Waals surface area (Å²) in [7, 11) is 0. The van der Waals surface area contributed by atoms with E-state index in [1.165, 1.54) is 0 Å². The van der Waals surface area contributed by atoms with Crippen LogP contribution < -0.4 is 4.74 Å². The Morgan fingerprint density at radius 3 is 2.43 bits per heavy atom. The van der Waals surface area contributed by atoms with Gasteiger partial charge in [-0.3, -0.25) is 9.69 Å². The van der Waals surface area contributed by atoms with Crippen molar-refractivity contribution in [3.63, 3.8) is 0 Å². The smallest absolute Gasteiger partial charge is 0.260 e. The Morgan fingerprint density at radius 2 is 1.86 bits per heavy atom. The van der Waals surface area contributed by atoms with Crippen LogP contribution in [0.15, 0.2) is 24.3 Å². The molecule has 0 aromatic heterocycles. The number of carbonyl (C=O) groups is 1. The average Bonchev–Trinajstić information content (AvgIpc) is 2.53. The van der Waals surface area contributed by atoms with Gasteiger partial charge in [0.1, 0.15) is 11.5 Å². The summed E-state index contributed by atoms with van der Waals surface area (Å²) in [5.41, 5.74) is 0. The third kappa shape index (κ3) is 4.36. The van der Waals surface area contributed by atoms with Gasteiger partial charge in [0.25, 0.3) is 5.91 Å². The van der Waals surface area contributed by atoms with Gasteiger partial charge in [-0.2, -0.15) is 0 Å². The zero-order valence-corrected chi connectivity index (χ0v) is 12.8. The van der Waals surface area contributed by atoms with Crippen LogP contribution in [0.3, 0.4) is 0 Å². The van der Waals surface area contributed by atoms with E-state index in [0.717, 1.165) is 32.6 Å². The molecule has 21 heavy (non-hydrogen) atoms. The fourth-order valence-electron chi connectivity index (χ4n) is 2.45. The highest BCUT2D eigenvalue weighted by molar-refractivity contribution is 5.77. The first kappa shape index (κ1) is 15.6. The Labute approximate surface area is 126 Å². The number of phenolic OH excluding ortho intramolecular Hbond substituents is 1. The lowest BCUT2D eigenvalue weighted by Crippen LogP contribution is -2.52. The maximum atomic E-state index is 12.1. The summed E-state index contributed by atoms with van der Waals surface area (Å²) >= 11 is 0. The van der Waals surface area contributed by atoms with Gasteiger partial charge in [0.15, 0.2) is 6.61 Å². The van der Waals surface area contributed by atoms with E-state index in [1.807, 2.05) is 4.90 Å². The largest absolute Gasteiger partial charge is 0.508 e. The number of rotatable bonds is 5. The quantitative estimate of drug-likeness (QED) is 0.898. The number of ether oxygens (including phenoxy) is 1. The van der Waals surface area contributed by atoms with E-state index < -0.39 is 0 Å². The van der Waals surface area contributed by atoms with Gasteiger partial charge in [-0.25, -0.2) is 0 Å². The monoisotopic (exact) mass is 292 g/mol. The number of hydrogen-bond acceptors (Lipinski definition) is 4. The fraction of sp³-hybridized carbons (Fsp3) is 0.562. The molecule has 2 rings (SSSR count). The number of amides is 1. The minimum atomic E-state index is 0.0203. The minimum absolute atomic E-state index is 0.0203. The molecule has 5 heteroatoms. The van der Waals surface area contributed by atoms with Crippen molar-refractivity contribution in [3.05, 3.63) is 24.3 Å². The highest BCUT2D eigenvalue weighted by atomic mass is 16.5. The van der Waals surface area contributed by atoms with Crippen molar-refractivity contribution in [3.8, 4) is 11.5 Å². The number of benzene rings is 1. The first-order valence-corrected chi connectivity index (χ1v) is 7.53. The maximum absolute atomic E-state index is 12.1. The number of carbonyl (C=O) groups excluding carboxylic acids is 1. The molecule has 0 saturated carbocycles. The number of hydrogen-bond donors (Lipinski definition) is 1. The molecule has 1 atom stereocenters. The Balaban J connectivity index is 1.76. The van der Waals surface area contributed by atoms with Crippen molar-refractivity contribution in [1.29, 1.82) is 0 Å². The van der Waals surface area contributed by atoms with Crippen molar-refractivity contribution < 1.29 is 14.6 Å². The van der Waals surface area contributed by atoms with Crippen molar-refractivity contribution in [2.24, 2.45) is 0 Å². The predicted molar refractivity (Wildman–Crippen MR) is 81.5 cm³/mol. The van der Waals surface area contributed by atoms with Crippen LogP contribution in [0.5, 0.6) is 11.5 Å². The number of aromatic hydroxyl groups is 1. The number of piperazine rings is 1. The summed E-state index contributed by atoms with van der Waals surface area (Å²) < 4.78 is 5.46. The lowest BCUT2D eigenvalue weighted by Gasteiger charge is -2.37. The Bertz CT molecular complexity index is 453. The summed E-state index contributed by atoms with van der Waals surface area (Å²) in [6, 6.07) is 6.98. The summed E-state index contributed by atoms with van der Waals surface area (Å²) in [6.07, 6.45) is 1.14. The van der Waals surface area contributed by atoms with E-state index in [4.69, 9.17) is 4.74 Å². The van der Waals surface area contributed by atoms with Gasteiger partial charge in [-0.15, -0.1) is 0 Å². The van der Waals surface area contributed by atoms with Gasteiger partial charge in [0, 0.05) is 32.2 Å². The molecule has 0 spiro atoms. The molecule has 0 bridgehead atoms. The van der Waals surface area contributed by atoms with E-state index in [1.54, 1.807) is 24.3 Å². The average molecular weight is 292 g/mol. The normalized spacial score (nSPS) is 17.5. The van der Waals surface area contributed by atoms with Crippen LogP contribution in [0.2, 0.25) is 0 Å². The summed E-state index contributed by atoms with van der Waals surface area (Å²) in [6.45, 7) is 7.86. The predicted octanol–water partition coefficient (Wildman–Crippen LogP) is 1.71.